The molecule has 0 saturated heterocycles. The molecule has 0 aliphatic carbocycles. The minimum absolute atomic E-state index is 0.0533. The van der Waals surface area contributed by atoms with Crippen LogP contribution in [0.5, 0.6) is 5.75 Å². The lowest BCUT2D eigenvalue weighted by Crippen LogP contribution is -2.57. The molecule has 4 rings (SSSR count). The molecule has 1 atom stereocenters. The molecule has 32 heavy (non-hydrogen) atoms. The predicted molar refractivity (Wildman–Crippen MR) is 127 cm³/mol. The van der Waals surface area contributed by atoms with Gasteiger partial charge in [-0.25, -0.2) is 0 Å². The number of fused-ring (bicyclic) bond motifs is 1. The smallest absolute Gasteiger partial charge is 0.258 e. The third-order valence-corrected chi connectivity index (χ3v) is 6.07. The molecular formula is C27H30N2O3. The summed E-state index contributed by atoms with van der Waals surface area (Å²) in [5, 5.41) is 3.71. The highest BCUT2D eigenvalue weighted by Crippen LogP contribution is 2.40. The van der Waals surface area contributed by atoms with Gasteiger partial charge in [0.2, 0.25) is 0 Å². The van der Waals surface area contributed by atoms with Gasteiger partial charge >= 0.3 is 0 Å². The van der Waals surface area contributed by atoms with E-state index in [2.05, 4.69) is 36.5 Å². The lowest BCUT2D eigenvalue weighted by Gasteiger charge is -2.48. The molecule has 0 spiro atoms. The van der Waals surface area contributed by atoms with E-state index in [1.807, 2.05) is 59.5 Å². The predicted octanol–water partition coefficient (Wildman–Crippen LogP) is 5.09. The van der Waals surface area contributed by atoms with Crippen LogP contribution in [0, 0.1) is 0 Å². The molecule has 0 fully saturated rings. The van der Waals surface area contributed by atoms with Gasteiger partial charge in [-0.1, -0.05) is 61.5 Å². The topological polar surface area (TPSA) is 50.8 Å². The molecule has 5 nitrogen and oxygen atoms in total. The van der Waals surface area contributed by atoms with Gasteiger partial charge < -0.3 is 19.7 Å². The van der Waals surface area contributed by atoms with Gasteiger partial charge in [0.25, 0.3) is 5.91 Å². The molecule has 1 unspecified atom stereocenters. The third-order valence-electron chi connectivity index (χ3n) is 6.07. The van der Waals surface area contributed by atoms with Crippen LogP contribution in [0.3, 0.4) is 0 Å². The van der Waals surface area contributed by atoms with Crippen molar-refractivity contribution in [3.63, 3.8) is 0 Å². The summed E-state index contributed by atoms with van der Waals surface area (Å²) < 4.78 is 10.8. The average Bonchev–Trinajstić information content (AvgIpc) is 2.84. The number of methoxy groups -OCH3 is 1. The molecule has 0 bridgehead atoms. The van der Waals surface area contributed by atoms with Crippen LogP contribution in [0.25, 0.3) is 0 Å². The summed E-state index contributed by atoms with van der Waals surface area (Å²) in [5.41, 5.74) is 3.20. The van der Waals surface area contributed by atoms with E-state index in [4.69, 9.17) is 9.47 Å². The van der Waals surface area contributed by atoms with Crippen LogP contribution in [0.2, 0.25) is 0 Å². The summed E-state index contributed by atoms with van der Waals surface area (Å²) in [4.78, 5) is 15.7. The van der Waals surface area contributed by atoms with Gasteiger partial charge in [-0.05, 0) is 48.2 Å². The van der Waals surface area contributed by atoms with E-state index in [-0.39, 0.29) is 5.91 Å². The number of amides is 1. The standard InChI is InChI=1S/C27H30N2O3/c1-3-27(22-13-15-23(16-14-22)32-20-19-31-2)28-25-12-8-7-11-24(25)26(30)29(27)18-17-21-9-5-4-6-10-21/h4-16,28H,3,17-20H2,1-2H3. The second-order valence-corrected chi connectivity index (χ2v) is 7.94. The zero-order valence-electron chi connectivity index (χ0n) is 18.7. The average molecular weight is 431 g/mol. The number of benzene rings is 3. The van der Waals surface area contributed by atoms with E-state index in [9.17, 15) is 4.79 Å². The summed E-state index contributed by atoms with van der Waals surface area (Å²) in [6.45, 7) is 3.78. The highest BCUT2D eigenvalue weighted by atomic mass is 16.5. The van der Waals surface area contributed by atoms with Crippen molar-refractivity contribution >= 4 is 11.6 Å². The number of anilines is 1. The van der Waals surface area contributed by atoms with Crippen molar-refractivity contribution in [2.75, 3.05) is 32.2 Å². The number of hydrogen-bond donors (Lipinski definition) is 1. The fourth-order valence-corrected chi connectivity index (χ4v) is 4.35. The Labute approximate surface area is 190 Å². The lowest BCUT2D eigenvalue weighted by atomic mass is 9.89. The maximum Gasteiger partial charge on any atom is 0.258 e. The fourth-order valence-electron chi connectivity index (χ4n) is 4.35. The van der Waals surface area contributed by atoms with Crippen LogP contribution in [0.1, 0.15) is 34.8 Å². The van der Waals surface area contributed by atoms with Gasteiger partial charge in [0.1, 0.15) is 18.0 Å². The number of rotatable bonds is 9. The largest absolute Gasteiger partial charge is 0.491 e. The minimum atomic E-state index is -0.634. The number of hydrogen-bond acceptors (Lipinski definition) is 4. The highest BCUT2D eigenvalue weighted by Gasteiger charge is 2.44. The van der Waals surface area contributed by atoms with Crippen molar-refractivity contribution in [3.05, 3.63) is 95.6 Å². The number of nitrogens with zero attached hydrogens (tertiary/aromatic N) is 1. The van der Waals surface area contributed by atoms with E-state index >= 15 is 0 Å². The van der Waals surface area contributed by atoms with Crippen LogP contribution < -0.4 is 10.1 Å². The molecule has 3 aromatic rings. The number of carbonyl (C=O) groups excluding carboxylic acids is 1. The quantitative estimate of drug-likeness (QED) is 0.481. The minimum Gasteiger partial charge on any atom is -0.491 e. The number of nitrogens with one attached hydrogen (secondary N) is 1. The van der Waals surface area contributed by atoms with Crippen molar-refractivity contribution in [1.82, 2.24) is 4.90 Å². The molecule has 0 saturated carbocycles. The van der Waals surface area contributed by atoms with E-state index in [1.165, 1.54) is 5.56 Å². The third kappa shape index (κ3) is 4.34. The highest BCUT2D eigenvalue weighted by molar-refractivity contribution is 6.02. The van der Waals surface area contributed by atoms with Gasteiger partial charge in [0.15, 0.2) is 0 Å². The molecule has 166 valence electrons. The summed E-state index contributed by atoms with van der Waals surface area (Å²) in [7, 11) is 1.66. The summed E-state index contributed by atoms with van der Waals surface area (Å²) >= 11 is 0. The summed E-state index contributed by atoms with van der Waals surface area (Å²) in [5.74, 6) is 0.841. The molecule has 1 aliphatic heterocycles. The van der Waals surface area contributed by atoms with Crippen molar-refractivity contribution in [3.8, 4) is 5.75 Å². The Morgan fingerprint density at radius 1 is 0.906 bits per heavy atom. The van der Waals surface area contributed by atoms with E-state index in [1.54, 1.807) is 7.11 Å². The first-order chi connectivity index (χ1) is 15.7. The fraction of sp³-hybridized carbons (Fsp3) is 0.296. The van der Waals surface area contributed by atoms with Crippen LogP contribution in [0.4, 0.5) is 5.69 Å². The van der Waals surface area contributed by atoms with Crippen LogP contribution >= 0.6 is 0 Å². The monoisotopic (exact) mass is 430 g/mol. The maximum absolute atomic E-state index is 13.7. The normalized spacial score (nSPS) is 17.6. The second kappa shape index (κ2) is 9.88. The molecule has 1 N–H and O–H groups in total. The van der Waals surface area contributed by atoms with Gasteiger partial charge in [0.05, 0.1) is 12.2 Å². The number of ether oxygens (including phenoxy) is 2. The van der Waals surface area contributed by atoms with E-state index < -0.39 is 5.66 Å². The van der Waals surface area contributed by atoms with E-state index in [0.717, 1.165) is 29.8 Å². The number of para-hydroxylation sites is 1. The Morgan fingerprint density at radius 2 is 1.62 bits per heavy atom. The van der Waals surface area contributed by atoms with Gasteiger partial charge in [-0.2, -0.15) is 0 Å². The van der Waals surface area contributed by atoms with Crippen LogP contribution in [-0.4, -0.2) is 37.7 Å². The zero-order chi connectivity index (χ0) is 22.4. The summed E-state index contributed by atoms with van der Waals surface area (Å²) in [6.07, 6.45) is 1.52. The van der Waals surface area contributed by atoms with Crippen molar-refractivity contribution in [2.24, 2.45) is 0 Å². The Hall–Kier alpha value is -3.31. The first kappa shape index (κ1) is 21.9. The van der Waals surface area contributed by atoms with Gasteiger partial charge in [-0.15, -0.1) is 0 Å². The first-order valence-corrected chi connectivity index (χ1v) is 11.1. The molecule has 1 amide bonds. The maximum atomic E-state index is 13.7. The molecule has 0 aromatic heterocycles. The number of carbonyl (C=O) groups is 1. The van der Waals surface area contributed by atoms with Gasteiger partial charge in [0, 0.05) is 19.3 Å². The van der Waals surface area contributed by atoms with Crippen molar-refractivity contribution in [1.29, 1.82) is 0 Å². The molecular weight excluding hydrogens is 400 g/mol. The van der Waals surface area contributed by atoms with Crippen molar-refractivity contribution in [2.45, 2.75) is 25.4 Å². The summed E-state index contributed by atoms with van der Waals surface area (Å²) in [6, 6.07) is 26.1. The Morgan fingerprint density at radius 3 is 2.34 bits per heavy atom. The molecule has 1 aliphatic rings. The van der Waals surface area contributed by atoms with Crippen LogP contribution in [0.15, 0.2) is 78.9 Å². The Bertz CT molecular complexity index is 1040. The second-order valence-electron chi connectivity index (χ2n) is 7.94. The zero-order valence-corrected chi connectivity index (χ0v) is 18.7. The van der Waals surface area contributed by atoms with Gasteiger partial charge in [-0.3, -0.25) is 4.79 Å². The molecule has 0 radical (unpaired) electrons. The Kier molecular flexibility index (Phi) is 6.76. The van der Waals surface area contributed by atoms with E-state index in [0.29, 0.717) is 25.3 Å². The SMILES string of the molecule is CCC1(c2ccc(OCCOC)cc2)Nc2ccccc2C(=O)N1CCc1ccccc1. The van der Waals surface area contributed by atoms with Crippen molar-refractivity contribution < 1.29 is 14.3 Å². The molecule has 5 heteroatoms. The molecule has 3 aromatic carbocycles. The lowest BCUT2D eigenvalue weighted by molar-refractivity contribution is 0.0487. The first-order valence-electron chi connectivity index (χ1n) is 11.1. The Balaban J connectivity index is 1.68. The molecule has 1 heterocycles. The van der Waals surface area contributed by atoms with Crippen LogP contribution in [-0.2, 0) is 16.8 Å².